The Morgan fingerprint density at radius 3 is 2.40 bits per heavy atom. The zero-order valence-electron chi connectivity index (χ0n) is 11.9. The second-order valence-corrected chi connectivity index (χ2v) is 5.11. The molecular weight excluding hydrogens is 264 g/mol. The zero-order valence-corrected chi connectivity index (χ0v) is 11.9. The molecule has 2 aromatic heterocycles. The van der Waals surface area contributed by atoms with Gasteiger partial charge in [-0.2, -0.15) is 0 Å². The first kappa shape index (κ1) is 15.7. The normalized spacial score (nSPS) is 11.0. The molecular formula is C12H18N4O4. The van der Waals surface area contributed by atoms with Crippen LogP contribution in [0.1, 0.15) is 34.1 Å². The van der Waals surface area contributed by atoms with E-state index in [1.807, 2.05) is 0 Å². The van der Waals surface area contributed by atoms with E-state index in [1.165, 1.54) is 10.9 Å². The molecule has 0 bridgehead atoms. The van der Waals surface area contributed by atoms with Crippen molar-refractivity contribution in [1.29, 1.82) is 0 Å². The molecule has 0 aliphatic carbocycles. The molecule has 2 rings (SSSR count). The average Bonchev–Trinajstić information content (AvgIpc) is 2.76. The van der Waals surface area contributed by atoms with Crippen LogP contribution in [0, 0.1) is 0 Å². The third-order valence-electron chi connectivity index (χ3n) is 2.46. The maximum atomic E-state index is 11.9. The number of aromatic amines is 2. The number of hydrogen-bond acceptors (Lipinski definition) is 4. The monoisotopic (exact) mass is 282 g/mol. The van der Waals surface area contributed by atoms with Crippen LogP contribution < -0.4 is 11.2 Å². The van der Waals surface area contributed by atoms with Crippen LogP contribution in [0.4, 0.5) is 0 Å². The second kappa shape index (κ2) is 5.72. The molecule has 0 unspecified atom stereocenters. The van der Waals surface area contributed by atoms with Crippen molar-refractivity contribution in [3.05, 3.63) is 27.2 Å². The summed E-state index contributed by atoms with van der Waals surface area (Å²) in [6.45, 7) is 6.99. The minimum Gasteiger partial charge on any atom is -0.481 e. The summed E-state index contributed by atoms with van der Waals surface area (Å²) in [5.41, 5.74) is -0.717. The lowest BCUT2D eigenvalue weighted by atomic mass is 10.1. The van der Waals surface area contributed by atoms with Gasteiger partial charge < -0.3 is 10.1 Å². The maximum absolute atomic E-state index is 11.9. The van der Waals surface area contributed by atoms with E-state index in [2.05, 4.69) is 15.0 Å². The van der Waals surface area contributed by atoms with Gasteiger partial charge in [-0.25, -0.2) is 9.78 Å². The predicted octanol–water partition coefficient (Wildman–Crippen LogP) is 0.649. The Morgan fingerprint density at radius 2 is 1.95 bits per heavy atom. The minimum atomic E-state index is -0.745. The molecule has 20 heavy (non-hydrogen) atoms. The van der Waals surface area contributed by atoms with Crippen molar-refractivity contribution < 1.29 is 9.90 Å². The molecule has 2 heterocycles. The minimum absolute atomic E-state index is 0.222. The molecule has 2 aromatic rings. The van der Waals surface area contributed by atoms with Gasteiger partial charge in [0.15, 0.2) is 5.65 Å². The lowest BCUT2D eigenvalue weighted by molar-refractivity contribution is -0.136. The third-order valence-corrected chi connectivity index (χ3v) is 2.46. The standard InChI is InChI=1S/C9H12N4O2.C3H6O2/c1-9(2,3)13-7(14)5-6(11-4-10-5)12-8(13)15;1-2-3(4)5/h4H,1-3H3,(H,10,11)(H,12,15);2H2,1H3,(H,4,5). The molecule has 0 saturated carbocycles. The number of carboxylic acid groups (broad SMARTS) is 1. The van der Waals surface area contributed by atoms with Crippen LogP contribution in [0.25, 0.3) is 11.2 Å². The van der Waals surface area contributed by atoms with E-state index < -0.39 is 17.2 Å². The number of H-pyrrole nitrogens is 2. The van der Waals surface area contributed by atoms with E-state index in [4.69, 9.17) is 5.11 Å². The van der Waals surface area contributed by atoms with Gasteiger partial charge in [0, 0.05) is 12.0 Å². The van der Waals surface area contributed by atoms with Gasteiger partial charge >= 0.3 is 11.7 Å². The number of aliphatic carboxylic acids is 1. The highest BCUT2D eigenvalue weighted by atomic mass is 16.4. The van der Waals surface area contributed by atoms with Crippen molar-refractivity contribution in [2.75, 3.05) is 0 Å². The lowest BCUT2D eigenvalue weighted by Gasteiger charge is -2.20. The number of nitrogens with zero attached hydrogens (tertiary/aromatic N) is 2. The molecule has 3 N–H and O–H groups in total. The fourth-order valence-electron chi connectivity index (χ4n) is 1.52. The number of carboxylic acids is 1. The highest BCUT2D eigenvalue weighted by Gasteiger charge is 2.20. The van der Waals surface area contributed by atoms with Crippen LogP contribution in [0.15, 0.2) is 15.9 Å². The fourth-order valence-corrected chi connectivity index (χ4v) is 1.52. The molecule has 0 atom stereocenters. The summed E-state index contributed by atoms with van der Waals surface area (Å²) in [5.74, 6) is -0.745. The molecule has 0 aliphatic rings. The van der Waals surface area contributed by atoms with E-state index in [-0.39, 0.29) is 12.0 Å². The topological polar surface area (TPSA) is 121 Å². The number of carbonyl (C=O) groups is 1. The summed E-state index contributed by atoms with van der Waals surface area (Å²) in [4.78, 5) is 42.1. The van der Waals surface area contributed by atoms with Crippen molar-refractivity contribution in [2.45, 2.75) is 39.7 Å². The Balaban J connectivity index is 0.000000347. The van der Waals surface area contributed by atoms with Crippen molar-refractivity contribution >= 4 is 17.1 Å². The molecule has 0 amide bonds. The summed E-state index contributed by atoms with van der Waals surface area (Å²) < 4.78 is 1.17. The van der Waals surface area contributed by atoms with E-state index in [1.54, 1.807) is 27.7 Å². The first-order chi connectivity index (χ1) is 9.18. The van der Waals surface area contributed by atoms with Gasteiger partial charge in [0.1, 0.15) is 5.52 Å². The van der Waals surface area contributed by atoms with E-state index in [9.17, 15) is 14.4 Å². The molecule has 0 saturated heterocycles. The Morgan fingerprint density at radius 1 is 1.40 bits per heavy atom. The second-order valence-electron chi connectivity index (χ2n) is 5.11. The van der Waals surface area contributed by atoms with Gasteiger partial charge in [0.05, 0.1) is 6.33 Å². The van der Waals surface area contributed by atoms with Crippen molar-refractivity contribution in [3.63, 3.8) is 0 Å². The molecule has 0 fully saturated rings. The van der Waals surface area contributed by atoms with Gasteiger partial charge in [-0.15, -0.1) is 0 Å². The van der Waals surface area contributed by atoms with Gasteiger partial charge in [0.2, 0.25) is 0 Å². The van der Waals surface area contributed by atoms with Crippen LogP contribution in [0.5, 0.6) is 0 Å². The molecule has 110 valence electrons. The maximum Gasteiger partial charge on any atom is 0.330 e. The van der Waals surface area contributed by atoms with Gasteiger partial charge in [-0.05, 0) is 20.8 Å². The number of fused-ring (bicyclic) bond motifs is 1. The average molecular weight is 282 g/mol. The zero-order chi connectivity index (χ0) is 15.5. The summed E-state index contributed by atoms with van der Waals surface area (Å²) >= 11 is 0. The van der Waals surface area contributed by atoms with Crippen molar-refractivity contribution in [3.8, 4) is 0 Å². The van der Waals surface area contributed by atoms with Gasteiger partial charge in [-0.1, -0.05) is 6.92 Å². The molecule has 0 aliphatic heterocycles. The number of nitrogens with one attached hydrogen (secondary N) is 2. The highest BCUT2D eigenvalue weighted by molar-refractivity contribution is 5.67. The number of aromatic nitrogens is 4. The van der Waals surface area contributed by atoms with Crippen LogP contribution in [-0.2, 0) is 10.3 Å². The summed E-state index contributed by atoms with van der Waals surface area (Å²) in [6, 6.07) is 0. The first-order valence-corrected chi connectivity index (χ1v) is 6.09. The van der Waals surface area contributed by atoms with Crippen LogP contribution in [0.3, 0.4) is 0 Å². The number of hydrogen-bond donors (Lipinski definition) is 3. The Kier molecular flexibility index (Phi) is 4.49. The third kappa shape index (κ3) is 3.34. The molecule has 0 radical (unpaired) electrons. The smallest absolute Gasteiger partial charge is 0.330 e. The fraction of sp³-hybridized carbons (Fsp3) is 0.500. The summed E-state index contributed by atoms with van der Waals surface area (Å²) in [7, 11) is 0. The lowest BCUT2D eigenvalue weighted by Crippen LogP contribution is -2.44. The Labute approximate surface area is 114 Å². The highest BCUT2D eigenvalue weighted by Crippen LogP contribution is 2.08. The molecule has 8 nitrogen and oxygen atoms in total. The van der Waals surface area contributed by atoms with Gasteiger partial charge in [0.25, 0.3) is 5.56 Å². The van der Waals surface area contributed by atoms with Crippen molar-refractivity contribution in [2.24, 2.45) is 0 Å². The van der Waals surface area contributed by atoms with E-state index >= 15 is 0 Å². The molecule has 0 spiro atoms. The molecule has 8 heteroatoms. The van der Waals surface area contributed by atoms with Gasteiger partial charge in [-0.3, -0.25) is 19.1 Å². The SMILES string of the molecule is CC(C)(C)n1c(=O)[nH]c2nc[nH]c2c1=O.CCC(=O)O. The molecule has 0 aromatic carbocycles. The summed E-state index contributed by atoms with van der Waals surface area (Å²) in [6.07, 6.45) is 1.61. The summed E-state index contributed by atoms with van der Waals surface area (Å²) in [5, 5.41) is 7.72. The quantitative estimate of drug-likeness (QED) is 0.709. The van der Waals surface area contributed by atoms with E-state index in [0.717, 1.165) is 0 Å². The van der Waals surface area contributed by atoms with Crippen molar-refractivity contribution in [1.82, 2.24) is 19.5 Å². The van der Waals surface area contributed by atoms with Crippen LogP contribution in [-0.4, -0.2) is 30.6 Å². The van der Waals surface area contributed by atoms with Crippen LogP contribution >= 0.6 is 0 Å². The van der Waals surface area contributed by atoms with E-state index in [0.29, 0.717) is 11.2 Å². The number of imidazole rings is 1. The van der Waals surface area contributed by atoms with Crippen LogP contribution in [0.2, 0.25) is 0 Å². The predicted molar refractivity (Wildman–Crippen MR) is 73.9 cm³/mol. The number of rotatable bonds is 1. The Hall–Kier alpha value is -2.38. The largest absolute Gasteiger partial charge is 0.481 e. The first-order valence-electron chi connectivity index (χ1n) is 6.09. The Bertz CT molecular complexity index is 717.